The zero-order valence-corrected chi connectivity index (χ0v) is 24.2. The monoisotopic (exact) mass is 512 g/mol. The Hall–Kier alpha value is -0.870. The highest BCUT2D eigenvalue weighted by atomic mass is 16.7. The summed E-state index contributed by atoms with van der Waals surface area (Å²) in [6, 6.07) is 0. The van der Waals surface area contributed by atoms with Crippen LogP contribution in [0.4, 0.5) is 0 Å². The van der Waals surface area contributed by atoms with Crippen molar-refractivity contribution in [3.05, 3.63) is 11.6 Å². The van der Waals surface area contributed by atoms with Gasteiger partial charge < -0.3 is 14.2 Å². The van der Waals surface area contributed by atoms with Crippen molar-refractivity contribution < 1.29 is 19.0 Å². The van der Waals surface area contributed by atoms with E-state index in [2.05, 4.69) is 40.7 Å². The Morgan fingerprint density at radius 3 is 2.68 bits per heavy atom. The van der Waals surface area contributed by atoms with E-state index in [-0.39, 0.29) is 23.3 Å². The van der Waals surface area contributed by atoms with Crippen molar-refractivity contribution in [2.24, 2.45) is 46.3 Å². The molecule has 6 rings (SSSR count). The van der Waals surface area contributed by atoms with Crippen molar-refractivity contribution in [2.75, 3.05) is 6.61 Å². The number of carbonyl (C=O) groups is 1. The minimum absolute atomic E-state index is 0.0190. The minimum atomic E-state index is -0.315. The lowest BCUT2D eigenvalue weighted by molar-refractivity contribution is -0.272. The molecule has 5 fully saturated rings. The second kappa shape index (κ2) is 9.65. The Balaban J connectivity index is 1.15. The fourth-order valence-corrected chi connectivity index (χ4v) is 10.5. The maximum absolute atomic E-state index is 12.4. The lowest BCUT2D eigenvalue weighted by atomic mass is 9.47. The van der Waals surface area contributed by atoms with Crippen LogP contribution in [0, 0.1) is 46.3 Å². The van der Waals surface area contributed by atoms with Gasteiger partial charge in [-0.1, -0.05) is 59.1 Å². The van der Waals surface area contributed by atoms with E-state index in [0.717, 1.165) is 62.9 Å². The Morgan fingerprint density at radius 2 is 1.92 bits per heavy atom. The van der Waals surface area contributed by atoms with Crippen LogP contribution in [0.3, 0.4) is 0 Å². The zero-order chi connectivity index (χ0) is 26.0. The lowest BCUT2D eigenvalue weighted by Crippen LogP contribution is -2.52. The smallest absolute Gasteiger partial charge is 0.306 e. The van der Waals surface area contributed by atoms with Gasteiger partial charge in [0.2, 0.25) is 0 Å². The summed E-state index contributed by atoms with van der Waals surface area (Å²) in [6.07, 6.45) is 17.4. The van der Waals surface area contributed by atoms with Gasteiger partial charge in [-0.15, -0.1) is 0 Å². The molecule has 11 atom stereocenters. The van der Waals surface area contributed by atoms with Crippen molar-refractivity contribution in [1.29, 1.82) is 0 Å². The van der Waals surface area contributed by atoms with E-state index in [9.17, 15) is 4.79 Å². The predicted molar refractivity (Wildman–Crippen MR) is 146 cm³/mol. The first kappa shape index (κ1) is 26.4. The molecule has 0 N–H and O–H groups in total. The number of ether oxygens (including phenoxy) is 3. The standard InChI is InChI=1S/C33H52O4/c1-6-7-8-9-29(34)36-24-13-15-31(4)23(18-24)10-11-25-26(31)14-16-32(5)27(25)19-28-30(32)22(3)33(37-28)17-12-21(2)20-35-33/h10,21-22,24-28,30H,6-9,11-20H2,1-5H3/t21-,22-,24+,25+,26-,27-,28-,30-,31-,32-,33+/m0/s1. The quantitative estimate of drug-likeness (QED) is 0.214. The van der Waals surface area contributed by atoms with E-state index in [1.54, 1.807) is 5.57 Å². The van der Waals surface area contributed by atoms with Crippen LogP contribution in [0.15, 0.2) is 11.6 Å². The molecule has 0 amide bonds. The summed E-state index contributed by atoms with van der Waals surface area (Å²) in [5.41, 5.74) is 2.25. The van der Waals surface area contributed by atoms with E-state index >= 15 is 0 Å². The second-order valence-corrected chi connectivity index (χ2v) is 14.6. The molecule has 3 saturated carbocycles. The first-order valence-electron chi connectivity index (χ1n) is 15.9. The van der Waals surface area contributed by atoms with Crippen LogP contribution >= 0.6 is 0 Å². The third-order valence-electron chi connectivity index (χ3n) is 12.6. The van der Waals surface area contributed by atoms with Crippen LogP contribution in [-0.4, -0.2) is 30.6 Å². The molecule has 2 saturated heterocycles. The molecule has 4 aliphatic carbocycles. The molecule has 4 heteroatoms. The number of rotatable bonds is 5. The predicted octanol–water partition coefficient (Wildman–Crippen LogP) is 7.85. The number of carbonyl (C=O) groups excluding carboxylic acids is 1. The average molecular weight is 513 g/mol. The maximum Gasteiger partial charge on any atom is 0.306 e. The van der Waals surface area contributed by atoms with E-state index in [1.165, 1.54) is 38.5 Å². The van der Waals surface area contributed by atoms with E-state index in [0.29, 0.717) is 35.7 Å². The third-order valence-corrected chi connectivity index (χ3v) is 12.6. The summed E-state index contributed by atoms with van der Waals surface area (Å²) >= 11 is 0. The number of allylic oxidation sites excluding steroid dienone is 1. The van der Waals surface area contributed by atoms with Gasteiger partial charge in [-0.25, -0.2) is 0 Å². The van der Waals surface area contributed by atoms with Crippen molar-refractivity contribution in [1.82, 2.24) is 0 Å². The van der Waals surface area contributed by atoms with Gasteiger partial charge in [-0.3, -0.25) is 4.79 Å². The molecule has 0 unspecified atom stereocenters. The number of hydrogen-bond acceptors (Lipinski definition) is 4. The van der Waals surface area contributed by atoms with Gasteiger partial charge in [0.1, 0.15) is 6.10 Å². The molecular formula is C33H52O4. The number of hydrogen-bond donors (Lipinski definition) is 0. The lowest BCUT2D eigenvalue weighted by Gasteiger charge is -2.58. The van der Waals surface area contributed by atoms with Crippen LogP contribution < -0.4 is 0 Å². The van der Waals surface area contributed by atoms with Crippen molar-refractivity contribution >= 4 is 5.97 Å². The fraction of sp³-hybridized carbons (Fsp3) is 0.909. The molecule has 0 aromatic rings. The fourth-order valence-electron chi connectivity index (χ4n) is 10.5. The summed E-state index contributed by atoms with van der Waals surface area (Å²) < 4.78 is 19.4. The maximum atomic E-state index is 12.4. The van der Waals surface area contributed by atoms with Crippen molar-refractivity contribution in [3.8, 4) is 0 Å². The molecule has 0 aromatic carbocycles. The van der Waals surface area contributed by atoms with Gasteiger partial charge in [0.25, 0.3) is 0 Å². The van der Waals surface area contributed by atoms with E-state index in [4.69, 9.17) is 14.2 Å². The van der Waals surface area contributed by atoms with Crippen LogP contribution in [0.1, 0.15) is 118 Å². The van der Waals surface area contributed by atoms with E-state index in [1.807, 2.05) is 0 Å². The molecule has 0 radical (unpaired) electrons. The number of fused-ring (bicyclic) bond motifs is 7. The summed E-state index contributed by atoms with van der Waals surface area (Å²) in [6.45, 7) is 13.0. The van der Waals surface area contributed by atoms with Gasteiger partial charge in [-0.2, -0.15) is 0 Å². The molecule has 2 aliphatic heterocycles. The normalized spacial score (nSPS) is 50.6. The van der Waals surface area contributed by atoms with Crippen LogP contribution in [0.5, 0.6) is 0 Å². The molecule has 37 heavy (non-hydrogen) atoms. The molecule has 2 heterocycles. The van der Waals surface area contributed by atoms with Crippen LogP contribution in [-0.2, 0) is 19.0 Å². The van der Waals surface area contributed by atoms with Gasteiger partial charge in [0.05, 0.1) is 12.7 Å². The highest BCUT2D eigenvalue weighted by Crippen LogP contribution is 2.70. The van der Waals surface area contributed by atoms with Crippen molar-refractivity contribution in [3.63, 3.8) is 0 Å². The zero-order valence-electron chi connectivity index (χ0n) is 24.2. The first-order valence-corrected chi connectivity index (χ1v) is 15.9. The molecule has 1 spiro atoms. The van der Waals surface area contributed by atoms with Gasteiger partial charge in [0, 0.05) is 25.2 Å². The second-order valence-electron chi connectivity index (χ2n) is 14.6. The molecule has 0 aromatic heterocycles. The molecule has 208 valence electrons. The Morgan fingerprint density at radius 1 is 1.08 bits per heavy atom. The summed E-state index contributed by atoms with van der Waals surface area (Å²) in [5, 5.41) is 0. The van der Waals surface area contributed by atoms with Crippen LogP contribution in [0.2, 0.25) is 0 Å². The van der Waals surface area contributed by atoms with Gasteiger partial charge in [-0.05, 0) is 91.8 Å². The summed E-state index contributed by atoms with van der Waals surface area (Å²) in [7, 11) is 0. The molecule has 6 aliphatic rings. The highest BCUT2D eigenvalue weighted by molar-refractivity contribution is 5.69. The van der Waals surface area contributed by atoms with Gasteiger partial charge in [0.15, 0.2) is 5.79 Å². The average Bonchev–Trinajstić information content (AvgIpc) is 3.31. The van der Waals surface area contributed by atoms with Gasteiger partial charge >= 0.3 is 5.97 Å². The topological polar surface area (TPSA) is 44.8 Å². The van der Waals surface area contributed by atoms with E-state index < -0.39 is 0 Å². The van der Waals surface area contributed by atoms with Crippen molar-refractivity contribution in [2.45, 2.75) is 136 Å². The molecular weight excluding hydrogens is 460 g/mol. The summed E-state index contributed by atoms with van der Waals surface area (Å²) in [4.78, 5) is 12.4. The Bertz CT molecular complexity index is 902. The largest absolute Gasteiger partial charge is 0.462 e. The molecule has 4 nitrogen and oxygen atoms in total. The SMILES string of the molecule is CCCCCC(=O)O[C@@H]1CC[C@@]2(C)C(=CC[C@H]3[C@@H]4C[C@@H]5O[C@]6(CC[C@H](C)CO6)[C@@H](C)[C@@H]5[C@@]4(C)CC[C@@H]32)C1. The molecule has 0 bridgehead atoms. The summed E-state index contributed by atoms with van der Waals surface area (Å²) in [5.74, 6) is 3.77. The third kappa shape index (κ3) is 4.17. The number of esters is 1. The number of unbranched alkanes of at least 4 members (excludes halogenated alkanes) is 2. The minimum Gasteiger partial charge on any atom is -0.462 e. The Labute approximate surface area is 225 Å². The first-order chi connectivity index (χ1) is 17.7. The highest BCUT2D eigenvalue weighted by Gasteiger charge is 2.68. The van der Waals surface area contributed by atoms with Crippen LogP contribution in [0.25, 0.3) is 0 Å². The Kier molecular flexibility index (Phi) is 6.87.